The van der Waals surface area contributed by atoms with Gasteiger partial charge in [0.1, 0.15) is 20.3 Å². The van der Waals surface area contributed by atoms with Gasteiger partial charge in [0.2, 0.25) is 0 Å². The summed E-state index contributed by atoms with van der Waals surface area (Å²) in [6, 6.07) is 18.3. The summed E-state index contributed by atoms with van der Waals surface area (Å²) in [6.45, 7) is 21.9. The Bertz CT molecular complexity index is 4770. The van der Waals surface area contributed by atoms with Gasteiger partial charge in [-0.2, -0.15) is 9.97 Å². The average molecular weight is 1730 g/mol. The van der Waals surface area contributed by atoms with Crippen molar-refractivity contribution in [3.8, 4) is 10.4 Å². The van der Waals surface area contributed by atoms with Crippen LogP contribution in [0, 0.1) is 69.0 Å². The first kappa shape index (κ1) is 77.6. The van der Waals surface area contributed by atoms with Crippen molar-refractivity contribution in [1.82, 2.24) is 59.3 Å². The van der Waals surface area contributed by atoms with Crippen LogP contribution in [0.25, 0.3) is 38.7 Å². The molecule has 0 spiro atoms. The second-order valence-corrected chi connectivity index (χ2v) is 37.3. The van der Waals surface area contributed by atoms with Gasteiger partial charge in [0, 0.05) is 88.1 Å². The number of anilines is 1. The molecule has 3 saturated carbocycles. The van der Waals surface area contributed by atoms with E-state index in [-0.39, 0.29) is 23.8 Å². The molecule has 106 heavy (non-hydrogen) atoms. The number of hydrogen-bond acceptors (Lipinski definition) is 21. The minimum absolute atomic E-state index is 0.199. The van der Waals surface area contributed by atoms with Gasteiger partial charge in [-0.3, -0.25) is 14.6 Å². The largest absolute Gasteiger partial charge is 0.465 e. The van der Waals surface area contributed by atoms with Crippen molar-refractivity contribution in [3.63, 3.8) is 0 Å². The normalized spacial score (nSPS) is 21.2. The first-order chi connectivity index (χ1) is 51.2. The molecule has 9 aromatic rings. The molecule has 3 aliphatic carbocycles. The number of aromatic nitrogens is 9. The summed E-state index contributed by atoms with van der Waals surface area (Å²) in [5.41, 5.74) is 19.4. The van der Waals surface area contributed by atoms with Crippen molar-refractivity contribution >= 4 is 148 Å². The number of nitrogens with one attached hydrogen (secondary N) is 2. The topological polar surface area (TPSA) is 226 Å². The number of amides is 1. The number of methoxy groups -OCH3 is 3. The molecule has 0 atom stereocenters. The second kappa shape index (κ2) is 35.0. The summed E-state index contributed by atoms with van der Waals surface area (Å²) >= 11 is 10.6. The van der Waals surface area contributed by atoms with Crippen LogP contribution in [0.15, 0.2) is 82.2 Å². The zero-order chi connectivity index (χ0) is 74.4. The van der Waals surface area contributed by atoms with E-state index in [9.17, 15) is 19.2 Å². The molecular formula is C80H95I2N13O7S4. The van der Waals surface area contributed by atoms with Crippen molar-refractivity contribution in [2.45, 2.75) is 158 Å². The molecule has 20 nitrogen and oxygen atoms in total. The molecule has 2 N–H and O–H groups in total. The molecule has 11 heterocycles. The number of halogens is 2. The molecule has 8 aromatic heterocycles. The maximum Gasteiger partial charge on any atom is 0.348 e. The van der Waals surface area contributed by atoms with E-state index < -0.39 is 0 Å². The molecule has 26 heteroatoms. The lowest BCUT2D eigenvalue weighted by atomic mass is 9.75. The number of rotatable bonds is 16. The molecule has 0 bridgehead atoms. The maximum atomic E-state index is 13.3. The summed E-state index contributed by atoms with van der Waals surface area (Å²) in [5, 5.41) is 17.7. The smallest absolute Gasteiger partial charge is 0.348 e. The molecule has 0 unspecified atom stereocenters. The minimum Gasteiger partial charge on any atom is -0.465 e. The third-order valence-corrected chi connectivity index (χ3v) is 27.6. The summed E-state index contributed by atoms with van der Waals surface area (Å²) < 4.78 is 21.4. The van der Waals surface area contributed by atoms with Crippen molar-refractivity contribution in [1.29, 1.82) is 0 Å². The first-order valence-corrected chi connectivity index (χ1v) is 42.7. The number of hydrogen-bond donors (Lipinski definition) is 2. The number of thiophene rings is 3. The molecule has 0 radical (unpaired) electrons. The van der Waals surface area contributed by atoms with E-state index in [1.54, 1.807) is 27.8 Å². The number of fused-ring (bicyclic) bond motifs is 2. The molecule has 3 aliphatic heterocycles. The van der Waals surface area contributed by atoms with Crippen LogP contribution in [0.3, 0.4) is 0 Å². The van der Waals surface area contributed by atoms with Crippen LogP contribution >= 0.6 is 90.5 Å². The van der Waals surface area contributed by atoms with Crippen LogP contribution < -0.4 is 10.6 Å². The standard InChI is InChI=1S/C36H39N7O3S2.C26H32IN5O2S.C18H24INO2S/c1-21-5-7-24(8-6-21)29-17-42(18-32-40-36-38-22(2)15-23(3)43(36)41-32)14-13-27(29)28-16-31(48-33(28)35(45)46-4)25-9-11-26(12-10-25)39-34(44)30-19-47-20-37-30;1-15-5-7-18(8-6-15)21-13-31(14-23-29-26-28-16(2)11-17(3)32(26)30-23)10-9-19(21)20-12-22(27)35-24(20)25(33)34-4;1-11-3-5-12(6-4-11)15-10-20-8-7-13(15)14-9-16(19)23-17(14)18(21)22-2/h9-12,15-16,19-21,24H,5-8,13-14,17-18H2,1-4H3,(H,39,44);11-12,15,18H,5-10,13-14H2,1-4H3;9,11-12,20H,3-8,10H2,1-2H3. The van der Waals surface area contributed by atoms with E-state index in [4.69, 9.17) is 34.4 Å². The molecular weight excluding hydrogens is 1640 g/mol. The number of aryl methyl sites for hydroxylation is 4. The van der Waals surface area contributed by atoms with E-state index in [1.165, 1.54) is 147 Å². The third-order valence-electron chi connectivity index (χ3n) is 22.1. The fourth-order valence-corrected chi connectivity index (χ4v) is 21.6. The fraction of sp³-hybridized carbons (Fsp3) is 0.487. The summed E-state index contributed by atoms with van der Waals surface area (Å²) in [4.78, 5) is 81.3. The van der Waals surface area contributed by atoms with E-state index in [1.807, 2.05) is 73.1 Å². The molecule has 1 amide bonds. The first-order valence-electron chi connectivity index (χ1n) is 37.2. The number of benzene rings is 1. The Morgan fingerprint density at radius 2 is 0.981 bits per heavy atom. The van der Waals surface area contributed by atoms with E-state index in [2.05, 4.69) is 120 Å². The predicted molar refractivity (Wildman–Crippen MR) is 440 cm³/mol. The lowest BCUT2D eigenvalue weighted by Crippen LogP contribution is -2.34. The SMILES string of the molecule is COC(=O)c1sc(-c2ccc(NC(=O)c3cscn3)cc2)cc1C1=C(C2CCC(C)CC2)CN(Cc2nc3nc(C)cc(C)n3n2)CC1.COC(=O)c1sc(I)cc1C1=C(C2CCC(C)CC2)CN(Cc2nc3nc(C)cc(C)n3n2)CC1.COC(=O)c1sc(I)cc1C1=C(C2CCC(C)CC2)CNCC1. The number of esters is 3. The van der Waals surface area contributed by atoms with Gasteiger partial charge in [-0.1, -0.05) is 71.4 Å². The van der Waals surface area contributed by atoms with Crippen LogP contribution in [0.1, 0.15) is 208 Å². The van der Waals surface area contributed by atoms with Gasteiger partial charge in [-0.05, 0) is 254 Å². The Hall–Kier alpha value is -6.51. The average Bonchev–Trinajstić information content (AvgIpc) is 1.58. The summed E-state index contributed by atoms with van der Waals surface area (Å²) in [5.74, 6) is 6.01. The van der Waals surface area contributed by atoms with E-state index in [0.717, 1.165) is 166 Å². The molecule has 15 rings (SSSR count). The Balaban J connectivity index is 0.000000150. The Labute approximate surface area is 664 Å². The van der Waals surface area contributed by atoms with Crippen LogP contribution in [0.2, 0.25) is 0 Å². The Morgan fingerprint density at radius 3 is 1.42 bits per heavy atom. The highest BCUT2D eigenvalue weighted by Gasteiger charge is 2.36. The quantitative estimate of drug-likeness (QED) is 0.0521. The van der Waals surface area contributed by atoms with Crippen molar-refractivity contribution < 1.29 is 33.4 Å². The number of carbonyl (C=O) groups is 4. The van der Waals surface area contributed by atoms with Gasteiger partial charge in [-0.25, -0.2) is 38.4 Å². The summed E-state index contributed by atoms with van der Waals surface area (Å²) in [7, 11) is 4.39. The molecule has 0 saturated heterocycles. The van der Waals surface area contributed by atoms with Gasteiger partial charge in [0.25, 0.3) is 17.5 Å². The number of carbonyl (C=O) groups excluding carboxylic acids is 4. The molecule has 560 valence electrons. The third kappa shape index (κ3) is 18.2. The zero-order valence-electron chi connectivity index (χ0n) is 62.2. The molecule has 1 aromatic carbocycles. The van der Waals surface area contributed by atoms with Crippen LogP contribution in [-0.2, 0) is 27.3 Å². The monoisotopic (exact) mass is 1730 g/mol. The van der Waals surface area contributed by atoms with Crippen molar-refractivity contribution in [3.05, 3.63) is 159 Å². The van der Waals surface area contributed by atoms with E-state index in [0.29, 0.717) is 58.7 Å². The van der Waals surface area contributed by atoms with Crippen LogP contribution in [-0.4, -0.2) is 138 Å². The Morgan fingerprint density at radius 1 is 0.547 bits per heavy atom. The van der Waals surface area contributed by atoms with Gasteiger partial charge >= 0.3 is 17.9 Å². The zero-order valence-corrected chi connectivity index (χ0v) is 69.8. The fourth-order valence-electron chi connectivity index (χ4n) is 16.4. The van der Waals surface area contributed by atoms with E-state index >= 15 is 0 Å². The minimum atomic E-state index is -0.313. The van der Waals surface area contributed by atoms with Crippen LogP contribution in [0.4, 0.5) is 5.69 Å². The highest BCUT2D eigenvalue weighted by atomic mass is 127. The van der Waals surface area contributed by atoms with Gasteiger partial charge in [0.05, 0.1) is 45.7 Å². The van der Waals surface area contributed by atoms with Gasteiger partial charge < -0.3 is 24.8 Å². The highest BCUT2D eigenvalue weighted by molar-refractivity contribution is 14.1. The number of thiazole rings is 1. The maximum absolute atomic E-state index is 13.3. The lowest BCUT2D eigenvalue weighted by Gasteiger charge is -2.37. The highest BCUT2D eigenvalue weighted by Crippen LogP contribution is 2.47. The van der Waals surface area contributed by atoms with Gasteiger partial charge in [0.15, 0.2) is 11.6 Å². The molecule has 3 fully saturated rings. The second-order valence-electron chi connectivity index (χ2n) is 29.6. The molecule has 6 aliphatic rings. The number of nitrogens with zero attached hydrogens (tertiary/aromatic N) is 11. The number of ether oxygens (including phenoxy) is 3. The van der Waals surface area contributed by atoms with Gasteiger partial charge in [-0.15, -0.1) is 55.5 Å². The van der Waals surface area contributed by atoms with Crippen LogP contribution in [0.5, 0.6) is 0 Å². The predicted octanol–water partition coefficient (Wildman–Crippen LogP) is 17.8. The van der Waals surface area contributed by atoms with Crippen molar-refractivity contribution in [2.75, 3.05) is 65.9 Å². The lowest BCUT2D eigenvalue weighted by molar-refractivity contribution is 0.0597. The summed E-state index contributed by atoms with van der Waals surface area (Å²) in [6.07, 6.45) is 17.7. The van der Waals surface area contributed by atoms with Crippen molar-refractivity contribution in [2.24, 2.45) is 35.5 Å². The Kier molecular flexibility index (Phi) is 25.7.